The third kappa shape index (κ3) is 4.43. The third-order valence-electron chi connectivity index (χ3n) is 3.43. The number of rotatable bonds is 6. The molecule has 14 heavy (non-hydrogen) atoms. The standard InChI is InChI=1S/C12H24O2/c13-8-2-6-11-4-1-5-12(10-11)7-3-9-14/h11-14H,1-10H2. The number of hydrogen-bond acceptors (Lipinski definition) is 2. The fraction of sp³-hybridized carbons (Fsp3) is 1.00. The van der Waals surface area contributed by atoms with E-state index in [2.05, 4.69) is 0 Å². The first kappa shape index (κ1) is 12.0. The summed E-state index contributed by atoms with van der Waals surface area (Å²) in [6.07, 6.45) is 9.74. The fourth-order valence-electron chi connectivity index (χ4n) is 2.69. The number of aliphatic hydroxyl groups is 2. The van der Waals surface area contributed by atoms with Crippen LogP contribution in [0.3, 0.4) is 0 Å². The molecule has 2 heteroatoms. The van der Waals surface area contributed by atoms with Crippen molar-refractivity contribution < 1.29 is 10.2 Å². The van der Waals surface area contributed by atoms with Gasteiger partial charge >= 0.3 is 0 Å². The van der Waals surface area contributed by atoms with Crippen LogP contribution in [0.4, 0.5) is 0 Å². The van der Waals surface area contributed by atoms with Crippen LogP contribution < -0.4 is 0 Å². The minimum Gasteiger partial charge on any atom is -0.396 e. The van der Waals surface area contributed by atoms with Crippen LogP contribution in [-0.4, -0.2) is 23.4 Å². The summed E-state index contributed by atoms with van der Waals surface area (Å²) < 4.78 is 0. The minimum atomic E-state index is 0.345. The van der Waals surface area contributed by atoms with Gasteiger partial charge < -0.3 is 10.2 Å². The molecule has 1 rings (SSSR count). The Bertz CT molecular complexity index is 122. The Morgan fingerprint density at radius 3 is 1.79 bits per heavy atom. The molecule has 0 saturated heterocycles. The van der Waals surface area contributed by atoms with Gasteiger partial charge in [-0.15, -0.1) is 0 Å². The topological polar surface area (TPSA) is 40.5 Å². The molecule has 0 radical (unpaired) electrons. The van der Waals surface area contributed by atoms with Gasteiger partial charge in [0.2, 0.25) is 0 Å². The van der Waals surface area contributed by atoms with Gasteiger partial charge in [-0.3, -0.25) is 0 Å². The van der Waals surface area contributed by atoms with Crippen LogP contribution in [0.5, 0.6) is 0 Å². The van der Waals surface area contributed by atoms with Crippen LogP contribution in [0.2, 0.25) is 0 Å². The summed E-state index contributed by atoms with van der Waals surface area (Å²) in [7, 11) is 0. The van der Waals surface area contributed by atoms with E-state index in [-0.39, 0.29) is 0 Å². The average Bonchev–Trinajstić information content (AvgIpc) is 2.24. The highest BCUT2D eigenvalue weighted by Crippen LogP contribution is 2.34. The number of hydrogen-bond donors (Lipinski definition) is 2. The van der Waals surface area contributed by atoms with E-state index in [0.29, 0.717) is 13.2 Å². The first-order valence-corrected chi connectivity index (χ1v) is 6.08. The Hall–Kier alpha value is -0.0800. The van der Waals surface area contributed by atoms with Crippen molar-refractivity contribution in [3.8, 4) is 0 Å². The Kier molecular flexibility index (Phi) is 6.20. The molecule has 2 unspecified atom stereocenters. The van der Waals surface area contributed by atoms with Crippen LogP contribution in [0.25, 0.3) is 0 Å². The van der Waals surface area contributed by atoms with Gasteiger partial charge in [-0.25, -0.2) is 0 Å². The summed E-state index contributed by atoms with van der Waals surface area (Å²) in [6, 6.07) is 0. The van der Waals surface area contributed by atoms with Gasteiger partial charge in [0, 0.05) is 13.2 Å². The van der Waals surface area contributed by atoms with Gasteiger partial charge in [0.05, 0.1) is 0 Å². The van der Waals surface area contributed by atoms with Gasteiger partial charge in [0.25, 0.3) is 0 Å². The highest BCUT2D eigenvalue weighted by atomic mass is 16.3. The van der Waals surface area contributed by atoms with E-state index >= 15 is 0 Å². The molecule has 0 heterocycles. The third-order valence-corrected chi connectivity index (χ3v) is 3.43. The highest BCUT2D eigenvalue weighted by molar-refractivity contribution is 4.73. The van der Waals surface area contributed by atoms with Crippen molar-refractivity contribution in [1.29, 1.82) is 0 Å². The van der Waals surface area contributed by atoms with Crippen molar-refractivity contribution in [2.75, 3.05) is 13.2 Å². The molecule has 0 amide bonds. The van der Waals surface area contributed by atoms with Crippen molar-refractivity contribution in [2.24, 2.45) is 11.8 Å². The highest BCUT2D eigenvalue weighted by Gasteiger charge is 2.20. The zero-order chi connectivity index (χ0) is 10.2. The molecule has 2 N–H and O–H groups in total. The SMILES string of the molecule is OCCCC1CCCC(CCCO)C1. The smallest absolute Gasteiger partial charge is 0.0431 e. The molecule has 0 aliphatic heterocycles. The molecule has 1 saturated carbocycles. The maximum absolute atomic E-state index is 8.77. The summed E-state index contributed by atoms with van der Waals surface area (Å²) in [6.45, 7) is 0.690. The zero-order valence-electron chi connectivity index (χ0n) is 9.12. The molecular weight excluding hydrogens is 176 g/mol. The molecule has 1 aliphatic carbocycles. The second-order valence-electron chi connectivity index (χ2n) is 4.63. The Labute approximate surface area is 87.3 Å². The van der Waals surface area contributed by atoms with E-state index in [9.17, 15) is 0 Å². The molecule has 0 spiro atoms. The van der Waals surface area contributed by atoms with Gasteiger partial charge in [-0.05, 0) is 43.9 Å². The zero-order valence-corrected chi connectivity index (χ0v) is 9.12. The van der Waals surface area contributed by atoms with E-state index in [1.807, 2.05) is 0 Å². The lowest BCUT2D eigenvalue weighted by atomic mass is 9.77. The van der Waals surface area contributed by atoms with Crippen molar-refractivity contribution in [3.63, 3.8) is 0 Å². The van der Waals surface area contributed by atoms with E-state index in [4.69, 9.17) is 10.2 Å². The van der Waals surface area contributed by atoms with Gasteiger partial charge in [-0.1, -0.05) is 19.3 Å². The molecular formula is C12H24O2. The molecule has 0 aromatic rings. The first-order valence-electron chi connectivity index (χ1n) is 6.08. The second kappa shape index (κ2) is 7.24. The van der Waals surface area contributed by atoms with Crippen LogP contribution in [0.15, 0.2) is 0 Å². The molecule has 2 atom stereocenters. The van der Waals surface area contributed by atoms with Gasteiger partial charge in [0.1, 0.15) is 0 Å². The summed E-state index contributed by atoms with van der Waals surface area (Å²) in [4.78, 5) is 0. The van der Waals surface area contributed by atoms with Crippen molar-refractivity contribution in [3.05, 3.63) is 0 Å². The predicted molar refractivity (Wildman–Crippen MR) is 58.1 cm³/mol. The van der Waals surface area contributed by atoms with Crippen molar-refractivity contribution in [1.82, 2.24) is 0 Å². The average molecular weight is 200 g/mol. The first-order chi connectivity index (χ1) is 6.86. The Morgan fingerprint density at radius 1 is 0.857 bits per heavy atom. The lowest BCUT2D eigenvalue weighted by Gasteiger charge is -2.29. The van der Waals surface area contributed by atoms with Gasteiger partial charge in [-0.2, -0.15) is 0 Å². The maximum Gasteiger partial charge on any atom is 0.0431 e. The van der Waals surface area contributed by atoms with Crippen LogP contribution in [0, 0.1) is 11.8 Å². The summed E-state index contributed by atoms with van der Waals surface area (Å²) in [5, 5.41) is 17.5. The maximum atomic E-state index is 8.77. The summed E-state index contributed by atoms with van der Waals surface area (Å²) in [5.74, 6) is 1.69. The lowest BCUT2D eigenvalue weighted by Crippen LogP contribution is -2.16. The largest absolute Gasteiger partial charge is 0.396 e. The van der Waals surface area contributed by atoms with E-state index in [1.54, 1.807) is 0 Å². The van der Waals surface area contributed by atoms with Crippen molar-refractivity contribution in [2.45, 2.75) is 51.4 Å². The van der Waals surface area contributed by atoms with E-state index < -0.39 is 0 Å². The second-order valence-corrected chi connectivity index (χ2v) is 4.63. The van der Waals surface area contributed by atoms with Crippen LogP contribution in [0.1, 0.15) is 51.4 Å². The van der Waals surface area contributed by atoms with Crippen LogP contribution in [-0.2, 0) is 0 Å². The molecule has 2 nitrogen and oxygen atoms in total. The molecule has 1 aliphatic rings. The number of aliphatic hydroxyl groups excluding tert-OH is 2. The molecule has 1 fully saturated rings. The molecule has 0 aromatic heterocycles. The summed E-state index contributed by atoms with van der Waals surface area (Å²) >= 11 is 0. The quantitative estimate of drug-likeness (QED) is 0.691. The Balaban J connectivity index is 2.14. The van der Waals surface area contributed by atoms with Gasteiger partial charge in [0.15, 0.2) is 0 Å². The molecule has 0 aromatic carbocycles. The lowest BCUT2D eigenvalue weighted by molar-refractivity contribution is 0.202. The predicted octanol–water partition coefficient (Wildman–Crippen LogP) is 2.34. The minimum absolute atomic E-state index is 0.345. The molecule has 84 valence electrons. The Morgan fingerprint density at radius 2 is 1.36 bits per heavy atom. The van der Waals surface area contributed by atoms with E-state index in [0.717, 1.165) is 24.7 Å². The van der Waals surface area contributed by atoms with Crippen LogP contribution >= 0.6 is 0 Å². The normalized spacial score (nSPS) is 27.9. The fourth-order valence-corrected chi connectivity index (χ4v) is 2.69. The summed E-state index contributed by atoms with van der Waals surface area (Å²) in [5.41, 5.74) is 0. The van der Waals surface area contributed by atoms with Crippen molar-refractivity contribution >= 4 is 0 Å². The van der Waals surface area contributed by atoms with E-state index in [1.165, 1.54) is 38.5 Å². The molecule has 0 bridgehead atoms. The monoisotopic (exact) mass is 200 g/mol.